The lowest BCUT2D eigenvalue weighted by atomic mass is 9.48. The van der Waals surface area contributed by atoms with Gasteiger partial charge >= 0.3 is 0 Å². The number of allylic oxidation sites excluding steroid dienone is 1. The molecular formula is C23H25NO2. The van der Waals surface area contributed by atoms with E-state index in [1.54, 1.807) is 7.11 Å². The lowest BCUT2D eigenvalue weighted by Gasteiger charge is -2.55. The second kappa shape index (κ2) is 5.94. The van der Waals surface area contributed by atoms with Crippen LogP contribution in [0.4, 0.5) is 0 Å². The second-order valence-corrected chi connectivity index (χ2v) is 8.72. The normalized spacial score (nSPS) is 32.4. The van der Waals surface area contributed by atoms with Crippen LogP contribution in [0.2, 0.25) is 0 Å². The predicted octanol–water partition coefficient (Wildman–Crippen LogP) is 5.04. The molecule has 4 aliphatic rings. The van der Waals surface area contributed by atoms with Crippen molar-refractivity contribution < 1.29 is 9.53 Å². The maximum absolute atomic E-state index is 13.1. The van der Waals surface area contributed by atoms with Crippen LogP contribution < -0.4 is 4.74 Å². The van der Waals surface area contributed by atoms with Crippen molar-refractivity contribution >= 4 is 22.8 Å². The lowest BCUT2D eigenvalue weighted by Crippen LogP contribution is -2.49. The summed E-state index contributed by atoms with van der Waals surface area (Å²) in [5.74, 6) is 3.57. The van der Waals surface area contributed by atoms with Crippen molar-refractivity contribution in [3.8, 4) is 5.75 Å². The quantitative estimate of drug-likeness (QED) is 0.727. The number of rotatable bonds is 4. The van der Waals surface area contributed by atoms with Crippen LogP contribution in [0.1, 0.15) is 44.1 Å². The van der Waals surface area contributed by atoms with E-state index in [-0.39, 0.29) is 5.41 Å². The van der Waals surface area contributed by atoms with Gasteiger partial charge in [-0.25, -0.2) is 0 Å². The fourth-order valence-electron chi connectivity index (χ4n) is 6.10. The molecule has 1 aromatic carbocycles. The van der Waals surface area contributed by atoms with E-state index in [4.69, 9.17) is 4.74 Å². The number of fused-ring (bicyclic) bond motifs is 1. The van der Waals surface area contributed by atoms with Crippen LogP contribution in [0.3, 0.4) is 0 Å². The van der Waals surface area contributed by atoms with Gasteiger partial charge in [0, 0.05) is 23.1 Å². The summed E-state index contributed by atoms with van der Waals surface area (Å²) in [6, 6.07) is 7.98. The molecule has 0 saturated heterocycles. The smallest absolute Gasteiger partial charge is 0.161 e. The summed E-state index contributed by atoms with van der Waals surface area (Å²) in [6.45, 7) is 0. The van der Waals surface area contributed by atoms with E-state index in [9.17, 15) is 4.79 Å². The molecule has 4 bridgehead atoms. The van der Waals surface area contributed by atoms with Crippen molar-refractivity contribution in [3.05, 3.63) is 42.1 Å². The third-order valence-corrected chi connectivity index (χ3v) is 6.90. The number of pyridine rings is 1. The van der Waals surface area contributed by atoms with Crippen molar-refractivity contribution in [2.75, 3.05) is 7.11 Å². The maximum Gasteiger partial charge on any atom is 0.161 e. The van der Waals surface area contributed by atoms with E-state index in [0.29, 0.717) is 5.78 Å². The third kappa shape index (κ3) is 2.65. The minimum Gasteiger partial charge on any atom is -0.497 e. The minimum atomic E-state index is -0.0527. The zero-order valence-corrected chi connectivity index (χ0v) is 15.3. The number of methoxy groups -OCH3 is 1. The first-order valence-electron chi connectivity index (χ1n) is 9.80. The number of ketones is 1. The van der Waals surface area contributed by atoms with E-state index < -0.39 is 0 Å². The first-order valence-corrected chi connectivity index (χ1v) is 9.80. The molecule has 0 N–H and O–H groups in total. The molecule has 2 aromatic rings. The maximum atomic E-state index is 13.1. The molecule has 6 rings (SSSR count). The van der Waals surface area contributed by atoms with Crippen LogP contribution in [0, 0.1) is 23.2 Å². The van der Waals surface area contributed by atoms with Crippen LogP contribution in [-0.4, -0.2) is 17.9 Å². The molecule has 4 aliphatic carbocycles. The molecule has 134 valence electrons. The third-order valence-electron chi connectivity index (χ3n) is 6.90. The molecule has 1 aromatic heterocycles. The summed E-state index contributed by atoms with van der Waals surface area (Å²) in [4.78, 5) is 17.6. The van der Waals surface area contributed by atoms with Gasteiger partial charge in [-0.05, 0) is 92.2 Å². The van der Waals surface area contributed by atoms with Gasteiger partial charge in [0.05, 0.1) is 12.6 Å². The molecule has 0 spiro atoms. The van der Waals surface area contributed by atoms with Gasteiger partial charge < -0.3 is 4.74 Å². The van der Waals surface area contributed by atoms with Gasteiger partial charge in [-0.2, -0.15) is 0 Å². The molecule has 4 saturated carbocycles. The van der Waals surface area contributed by atoms with E-state index in [1.165, 1.54) is 19.3 Å². The highest BCUT2D eigenvalue weighted by Gasteiger charge is 2.53. The zero-order valence-electron chi connectivity index (χ0n) is 15.3. The van der Waals surface area contributed by atoms with Crippen molar-refractivity contribution in [1.29, 1.82) is 0 Å². The molecule has 0 atom stereocenters. The van der Waals surface area contributed by atoms with Crippen molar-refractivity contribution in [1.82, 2.24) is 4.98 Å². The molecule has 1 heterocycles. The fraction of sp³-hybridized carbons (Fsp3) is 0.478. The van der Waals surface area contributed by atoms with Gasteiger partial charge in [-0.1, -0.05) is 0 Å². The van der Waals surface area contributed by atoms with Gasteiger partial charge in [0.2, 0.25) is 0 Å². The fourth-order valence-corrected chi connectivity index (χ4v) is 6.10. The summed E-state index contributed by atoms with van der Waals surface area (Å²) in [7, 11) is 1.66. The number of carbonyl (C=O) groups excluding carboxylic acids is 1. The molecule has 3 heteroatoms. The molecular weight excluding hydrogens is 322 g/mol. The summed E-state index contributed by atoms with van der Waals surface area (Å²) in [5.41, 5.74) is 1.85. The standard InChI is InChI=1S/C23H25NO2/c1-26-20-4-3-19-9-15(14-24-21(19)10-20)2-5-22(25)23-11-16-6-17(12-23)8-18(7-16)13-23/h2-5,9-10,14,16-18H,6-8,11-13H2,1H3. The van der Waals surface area contributed by atoms with E-state index >= 15 is 0 Å². The molecule has 3 nitrogen and oxygen atoms in total. The summed E-state index contributed by atoms with van der Waals surface area (Å²) < 4.78 is 5.25. The first-order chi connectivity index (χ1) is 12.6. The topological polar surface area (TPSA) is 39.2 Å². The molecule has 26 heavy (non-hydrogen) atoms. The Hall–Kier alpha value is -2.16. The van der Waals surface area contributed by atoms with Gasteiger partial charge in [0.1, 0.15) is 5.75 Å². The summed E-state index contributed by atoms with van der Waals surface area (Å²) >= 11 is 0. The van der Waals surface area contributed by atoms with Crippen molar-refractivity contribution in [2.45, 2.75) is 38.5 Å². The Morgan fingerprint density at radius 1 is 1.12 bits per heavy atom. The number of benzene rings is 1. The van der Waals surface area contributed by atoms with Gasteiger partial charge in [0.15, 0.2) is 5.78 Å². The van der Waals surface area contributed by atoms with Crippen molar-refractivity contribution in [2.24, 2.45) is 23.2 Å². The number of aromatic nitrogens is 1. The van der Waals surface area contributed by atoms with E-state index in [2.05, 4.69) is 11.1 Å². The number of hydrogen-bond donors (Lipinski definition) is 0. The average Bonchev–Trinajstić information content (AvgIpc) is 2.64. The highest BCUT2D eigenvalue weighted by atomic mass is 16.5. The molecule has 0 radical (unpaired) electrons. The molecule has 0 unspecified atom stereocenters. The number of ether oxygens (including phenoxy) is 1. The molecule has 0 aliphatic heterocycles. The van der Waals surface area contributed by atoms with Crippen LogP contribution in [0.25, 0.3) is 17.0 Å². The first kappa shape index (κ1) is 16.0. The Morgan fingerprint density at radius 2 is 1.81 bits per heavy atom. The Morgan fingerprint density at radius 3 is 2.46 bits per heavy atom. The Labute approximate surface area is 154 Å². The van der Waals surface area contributed by atoms with E-state index in [0.717, 1.165) is 59.2 Å². The Bertz CT molecular complexity index is 863. The zero-order chi connectivity index (χ0) is 17.7. The van der Waals surface area contributed by atoms with Crippen molar-refractivity contribution in [3.63, 3.8) is 0 Å². The number of carbonyl (C=O) groups is 1. The molecule has 0 amide bonds. The molecule has 4 fully saturated rings. The SMILES string of the molecule is COc1ccc2cc(C=CC(=O)C34CC5CC(CC(C5)C3)C4)cnc2c1. The van der Waals surface area contributed by atoms with Crippen LogP contribution in [0.15, 0.2) is 36.5 Å². The van der Waals surface area contributed by atoms with Gasteiger partial charge in [0.25, 0.3) is 0 Å². The van der Waals surface area contributed by atoms with Gasteiger partial charge in [-0.3, -0.25) is 9.78 Å². The number of hydrogen-bond acceptors (Lipinski definition) is 3. The largest absolute Gasteiger partial charge is 0.497 e. The average molecular weight is 347 g/mol. The van der Waals surface area contributed by atoms with Crippen LogP contribution >= 0.6 is 0 Å². The van der Waals surface area contributed by atoms with Gasteiger partial charge in [-0.15, -0.1) is 0 Å². The summed E-state index contributed by atoms with van der Waals surface area (Å²) in [6.07, 6.45) is 13.1. The Balaban J connectivity index is 1.38. The minimum absolute atomic E-state index is 0.0527. The highest BCUT2D eigenvalue weighted by Crippen LogP contribution is 2.60. The van der Waals surface area contributed by atoms with Crippen LogP contribution in [-0.2, 0) is 4.79 Å². The summed E-state index contributed by atoms with van der Waals surface area (Å²) in [5, 5.41) is 1.07. The number of nitrogens with zero attached hydrogens (tertiary/aromatic N) is 1. The Kier molecular flexibility index (Phi) is 3.66. The van der Waals surface area contributed by atoms with Crippen LogP contribution in [0.5, 0.6) is 5.75 Å². The lowest BCUT2D eigenvalue weighted by molar-refractivity contribution is -0.138. The predicted molar refractivity (Wildman–Crippen MR) is 103 cm³/mol. The second-order valence-electron chi connectivity index (χ2n) is 8.72. The van der Waals surface area contributed by atoms with E-state index in [1.807, 2.05) is 36.5 Å². The highest BCUT2D eigenvalue weighted by molar-refractivity contribution is 5.98. The monoisotopic (exact) mass is 347 g/mol.